The van der Waals surface area contributed by atoms with Crippen LogP contribution < -0.4 is 0 Å². The van der Waals surface area contributed by atoms with Crippen LogP contribution in [-0.4, -0.2) is 25.3 Å². The third-order valence-corrected chi connectivity index (χ3v) is 3.16. The standard InChI is InChI=1S/C14H10N4O/c19-8-5-6-10-9(7-8)13(18-17-10)14-15-11-3-1-2-4-12(11)16-14/h1-7,19H,(H,15,16)(H,17,18). The summed E-state index contributed by atoms with van der Waals surface area (Å²) in [4.78, 5) is 7.75. The molecule has 4 rings (SSSR count). The Balaban J connectivity index is 2.00. The van der Waals surface area contributed by atoms with Gasteiger partial charge >= 0.3 is 0 Å². The lowest BCUT2D eigenvalue weighted by Crippen LogP contribution is -1.81. The second-order valence-electron chi connectivity index (χ2n) is 4.40. The Morgan fingerprint density at radius 2 is 1.89 bits per heavy atom. The number of aromatic hydroxyl groups is 1. The number of hydrogen-bond acceptors (Lipinski definition) is 3. The van der Waals surface area contributed by atoms with Crippen LogP contribution in [0.15, 0.2) is 42.5 Å². The van der Waals surface area contributed by atoms with Gasteiger partial charge in [-0.1, -0.05) is 12.1 Å². The molecule has 3 N–H and O–H groups in total. The van der Waals surface area contributed by atoms with E-state index in [1.165, 1.54) is 0 Å². The number of nitrogens with zero attached hydrogens (tertiary/aromatic N) is 2. The van der Waals surface area contributed by atoms with Crippen molar-refractivity contribution in [3.8, 4) is 17.3 Å². The van der Waals surface area contributed by atoms with E-state index in [0.29, 0.717) is 11.5 Å². The molecule has 0 aliphatic rings. The van der Waals surface area contributed by atoms with Gasteiger partial charge in [-0.15, -0.1) is 0 Å². The van der Waals surface area contributed by atoms with E-state index in [1.54, 1.807) is 18.2 Å². The van der Waals surface area contributed by atoms with Crippen LogP contribution >= 0.6 is 0 Å². The number of aromatic amines is 2. The zero-order valence-corrected chi connectivity index (χ0v) is 9.88. The SMILES string of the molecule is Oc1ccc2[nH]nc(-c3nc4ccccc4[nH]3)c2c1. The van der Waals surface area contributed by atoms with Crippen molar-refractivity contribution < 1.29 is 5.11 Å². The van der Waals surface area contributed by atoms with Gasteiger partial charge in [0.15, 0.2) is 5.82 Å². The number of para-hydroxylation sites is 2. The van der Waals surface area contributed by atoms with Gasteiger partial charge in [0, 0.05) is 5.39 Å². The summed E-state index contributed by atoms with van der Waals surface area (Å²) >= 11 is 0. The average molecular weight is 250 g/mol. The first-order valence-electron chi connectivity index (χ1n) is 5.93. The summed E-state index contributed by atoms with van der Waals surface area (Å²) in [6.07, 6.45) is 0. The largest absolute Gasteiger partial charge is 0.508 e. The molecule has 4 aromatic rings. The minimum absolute atomic E-state index is 0.214. The van der Waals surface area contributed by atoms with Crippen LogP contribution in [0.1, 0.15) is 0 Å². The summed E-state index contributed by atoms with van der Waals surface area (Å²) in [5.74, 6) is 0.907. The summed E-state index contributed by atoms with van der Waals surface area (Å²) in [6, 6.07) is 12.9. The molecule has 0 saturated heterocycles. The molecule has 5 heteroatoms. The Kier molecular flexibility index (Phi) is 1.91. The van der Waals surface area contributed by atoms with Crippen molar-refractivity contribution >= 4 is 21.9 Å². The Bertz CT molecular complexity index is 858. The third-order valence-electron chi connectivity index (χ3n) is 3.16. The Hall–Kier alpha value is -2.82. The van der Waals surface area contributed by atoms with Crippen LogP contribution in [0.25, 0.3) is 33.5 Å². The Morgan fingerprint density at radius 1 is 1.00 bits per heavy atom. The summed E-state index contributed by atoms with van der Waals surface area (Å²) in [5, 5.41) is 17.6. The average Bonchev–Trinajstić information content (AvgIpc) is 3.00. The van der Waals surface area contributed by atoms with Crippen molar-refractivity contribution in [1.82, 2.24) is 20.2 Å². The van der Waals surface area contributed by atoms with E-state index in [9.17, 15) is 5.11 Å². The molecule has 92 valence electrons. The van der Waals surface area contributed by atoms with Crippen molar-refractivity contribution in [2.75, 3.05) is 0 Å². The number of benzene rings is 2. The second-order valence-corrected chi connectivity index (χ2v) is 4.40. The molecule has 2 heterocycles. The predicted molar refractivity (Wildman–Crippen MR) is 72.8 cm³/mol. The number of phenols is 1. The molecular weight excluding hydrogens is 240 g/mol. The number of rotatable bonds is 1. The van der Waals surface area contributed by atoms with Gasteiger partial charge in [0.2, 0.25) is 0 Å². The maximum absolute atomic E-state index is 9.59. The van der Waals surface area contributed by atoms with E-state index in [0.717, 1.165) is 21.9 Å². The molecule has 2 aromatic heterocycles. The molecule has 0 atom stereocenters. The fourth-order valence-corrected chi connectivity index (χ4v) is 2.25. The zero-order chi connectivity index (χ0) is 12.8. The van der Waals surface area contributed by atoms with E-state index in [-0.39, 0.29) is 5.75 Å². The van der Waals surface area contributed by atoms with Crippen LogP contribution in [0.4, 0.5) is 0 Å². The van der Waals surface area contributed by atoms with Crippen molar-refractivity contribution in [3.63, 3.8) is 0 Å². The van der Waals surface area contributed by atoms with E-state index in [2.05, 4.69) is 20.2 Å². The highest BCUT2D eigenvalue weighted by Gasteiger charge is 2.12. The molecule has 0 unspecified atom stereocenters. The zero-order valence-electron chi connectivity index (χ0n) is 9.88. The maximum Gasteiger partial charge on any atom is 0.159 e. The van der Waals surface area contributed by atoms with Crippen LogP contribution in [-0.2, 0) is 0 Å². The molecule has 5 nitrogen and oxygen atoms in total. The predicted octanol–water partition coefficient (Wildman–Crippen LogP) is 2.81. The fourth-order valence-electron chi connectivity index (χ4n) is 2.25. The monoisotopic (exact) mass is 250 g/mol. The van der Waals surface area contributed by atoms with Gasteiger partial charge in [0.25, 0.3) is 0 Å². The molecule has 0 bridgehead atoms. The topological polar surface area (TPSA) is 77.6 Å². The number of hydrogen-bond donors (Lipinski definition) is 3. The van der Waals surface area contributed by atoms with Crippen molar-refractivity contribution in [1.29, 1.82) is 0 Å². The molecule has 0 aliphatic heterocycles. The van der Waals surface area contributed by atoms with Crippen LogP contribution in [0.3, 0.4) is 0 Å². The molecule has 0 radical (unpaired) electrons. The van der Waals surface area contributed by atoms with Crippen molar-refractivity contribution in [2.24, 2.45) is 0 Å². The van der Waals surface area contributed by atoms with Gasteiger partial charge in [-0.3, -0.25) is 5.10 Å². The number of aromatic nitrogens is 4. The highest BCUT2D eigenvalue weighted by molar-refractivity contribution is 5.93. The van der Waals surface area contributed by atoms with Crippen LogP contribution in [0, 0.1) is 0 Å². The van der Waals surface area contributed by atoms with Crippen LogP contribution in [0.5, 0.6) is 5.75 Å². The molecule has 19 heavy (non-hydrogen) atoms. The molecule has 0 spiro atoms. The number of nitrogens with one attached hydrogen (secondary N) is 2. The Labute approximate surface area is 107 Å². The third kappa shape index (κ3) is 1.48. The molecular formula is C14H10N4O. The lowest BCUT2D eigenvalue weighted by Gasteiger charge is -1.93. The summed E-state index contributed by atoms with van der Waals surface area (Å²) in [5.41, 5.74) is 3.44. The van der Waals surface area contributed by atoms with Crippen LogP contribution in [0.2, 0.25) is 0 Å². The first-order valence-corrected chi connectivity index (χ1v) is 5.93. The second kappa shape index (κ2) is 3.58. The van der Waals surface area contributed by atoms with Gasteiger partial charge in [0.05, 0.1) is 16.6 Å². The normalized spacial score (nSPS) is 11.4. The lowest BCUT2D eigenvalue weighted by atomic mass is 10.2. The number of phenolic OH excluding ortho intramolecular Hbond substituents is 1. The van der Waals surface area contributed by atoms with Gasteiger partial charge in [-0.2, -0.15) is 5.10 Å². The quantitative estimate of drug-likeness (QED) is 0.486. The summed E-state index contributed by atoms with van der Waals surface area (Å²) < 4.78 is 0. The van der Waals surface area contributed by atoms with Gasteiger partial charge < -0.3 is 10.1 Å². The molecule has 0 aliphatic carbocycles. The number of H-pyrrole nitrogens is 2. The summed E-state index contributed by atoms with van der Waals surface area (Å²) in [6.45, 7) is 0. The maximum atomic E-state index is 9.59. The minimum atomic E-state index is 0.214. The first kappa shape index (κ1) is 10.1. The summed E-state index contributed by atoms with van der Waals surface area (Å²) in [7, 11) is 0. The molecule has 0 amide bonds. The van der Waals surface area contributed by atoms with E-state index < -0.39 is 0 Å². The van der Waals surface area contributed by atoms with Gasteiger partial charge in [-0.05, 0) is 30.3 Å². The van der Waals surface area contributed by atoms with E-state index >= 15 is 0 Å². The first-order chi connectivity index (χ1) is 9.31. The lowest BCUT2D eigenvalue weighted by molar-refractivity contribution is 0.476. The Morgan fingerprint density at radius 3 is 2.79 bits per heavy atom. The molecule has 2 aromatic carbocycles. The number of imidazole rings is 1. The van der Waals surface area contributed by atoms with Gasteiger partial charge in [0.1, 0.15) is 11.4 Å². The van der Waals surface area contributed by atoms with Gasteiger partial charge in [-0.25, -0.2) is 4.98 Å². The van der Waals surface area contributed by atoms with Crippen molar-refractivity contribution in [2.45, 2.75) is 0 Å². The molecule has 0 fully saturated rings. The smallest absolute Gasteiger partial charge is 0.159 e. The van der Waals surface area contributed by atoms with Crippen molar-refractivity contribution in [3.05, 3.63) is 42.5 Å². The van der Waals surface area contributed by atoms with E-state index in [4.69, 9.17) is 0 Å². The van der Waals surface area contributed by atoms with E-state index in [1.807, 2.05) is 24.3 Å². The molecule has 0 saturated carbocycles. The highest BCUT2D eigenvalue weighted by atomic mass is 16.3. The fraction of sp³-hybridized carbons (Fsp3) is 0. The number of fused-ring (bicyclic) bond motifs is 2. The highest BCUT2D eigenvalue weighted by Crippen LogP contribution is 2.28. The minimum Gasteiger partial charge on any atom is -0.508 e.